The first-order valence-electron chi connectivity index (χ1n) is 19.2. The molecule has 6 aromatic rings. The summed E-state index contributed by atoms with van der Waals surface area (Å²) in [7, 11) is 1.91. The number of nitrogens with zero attached hydrogens (tertiary/aromatic N) is 7. The van der Waals surface area contributed by atoms with E-state index in [1.165, 1.54) is 6.33 Å². The highest BCUT2D eigenvalue weighted by atomic mass is 16.5. The molecule has 1 atom stereocenters. The molecule has 55 heavy (non-hydrogen) atoms. The number of hydrogen-bond donors (Lipinski definition) is 4. The number of fused-ring (bicyclic) bond motifs is 2. The first-order chi connectivity index (χ1) is 26.9. The minimum atomic E-state index is -0.398. The number of piperidine rings is 1. The number of aryl methyl sites for hydroxylation is 1. The minimum absolute atomic E-state index is 0.213. The fourth-order valence-corrected chi connectivity index (χ4v) is 8.34. The van der Waals surface area contributed by atoms with E-state index < -0.39 is 5.92 Å². The van der Waals surface area contributed by atoms with Crippen LogP contribution in [0.3, 0.4) is 0 Å². The summed E-state index contributed by atoms with van der Waals surface area (Å²) >= 11 is 0. The van der Waals surface area contributed by atoms with Crippen LogP contribution in [0.1, 0.15) is 56.2 Å². The zero-order valence-corrected chi connectivity index (χ0v) is 30.8. The number of para-hydroxylation sites is 1. The van der Waals surface area contributed by atoms with Crippen LogP contribution < -0.4 is 31.3 Å². The van der Waals surface area contributed by atoms with Crippen LogP contribution in [0.5, 0.6) is 11.5 Å². The Hall–Kier alpha value is -5.86. The Balaban J connectivity index is 0.753. The molecule has 5 heterocycles. The SMILES string of the molecule is Cn1nc(C2CCC(=O)NC2=O)c2ccc(N3CC(NCCNC4CCC(n5nc(-c6ccc(Oc7ccccc7)cc6)c6c(N)ncnc65)CC4)C3)cc21. The summed E-state index contributed by atoms with van der Waals surface area (Å²) in [4.78, 5) is 35.5. The molecule has 9 rings (SSSR count). The van der Waals surface area contributed by atoms with Crippen molar-refractivity contribution in [3.63, 3.8) is 0 Å². The number of benzene rings is 3. The molecule has 0 radical (unpaired) electrons. The summed E-state index contributed by atoms with van der Waals surface area (Å²) < 4.78 is 9.91. The molecule has 2 amide bonds. The molecular formula is C41H45N11O3. The lowest BCUT2D eigenvalue weighted by molar-refractivity contribution is -0.134. The normalized spacial score (nSPS) is 20.5. The highest BCUT2D eigenvalue weighted by molar-refractivity contribution is 6.03. The van der Waals surface area contributed by atoms with Crippen molar-refractivity contribution < 1.29 is 14.3 Å². The van der Waals surface area contributed by atoms with Gasteiger partial charge in [0, 0.05) is 68.4 Å². The van der Waals surface area contributed by atoms with Crippen molar-refractivity contribution in [2.45, 2.75) is 62.6 Å². The average molecular weight is 740 g/mol. The maximum atomic E-state index is 12.5. The first kappa shape index (κ1) is 34.9. The number of imide groups is 1. The van der Waals surface area contributed by atoms with E-state index in [2.05, 4.69) is 58.8 Å². The van der Waals surface area contributed by atoms with Crippen LogP contribution in [-0.4, -0.2) is 79.6 Å². The monoisotopic (exact) mass is 739 g/mol. The minimum Gasteiger partial charge on any atom is -0.457 e. The number of carbonyl (C=O) groups is 2. The van der Waals surface area contributed by atoms with Gasteiger partial charge in [0.1, 0.15) is 29.3 Å². The zero-order chi connectivity index (χ0) is 37.5. The fourth-order valence-electron chi connectivity index (χ4n) is 8.34. The van der Waals surface area contributed by atoms with Crippen molar-refractivity contribution in [2.24, 2.45) is 7.05 Å². The molecular weight excluding hydrogens is 695 g/mol. The van der Waals surface area contributed by atoms with Gasteiger partial charge >= 0.3 is 0 Å². The molecule has 14 heteroatoms. The molecule has 3 aliphatic rings. The van der Waals surface area contributed by atoms with E-state index in [0.717, 1.165) is 108 Å². The molecule has 0 spiro atoms. The number of aromatic nitrogens is 6. The van der Waals surface area contributed by atoms with Crippen molar-refractivity contribution in [2.75, 3.05) is 36.8 Å². The van der Waals surface area contributed by atoms with Crippen LogP contribution in [0.2, 0.25) is 0 Å². The summed E-state index contributed by atoms with van der Waals surface area (Å²) in [6.45, 7) is 3.70. The molecule has 14 nitrogen and oxygen atoms in total. The summed E-state index contributed by atoms with van der Waals surface area (Å²) in [6, 6.07) is 25.1. The lowest BCUT2D eigenvalue weighted by Gasteiger charge is -2.41. The number of carbonyl (C=O) groups excluding carboxylic acids is 2. The number of nitrogens with one attached hydrogen (secondary N) is 3. The van der Waals surface area contributed by atoms with E-state index in [1.807, 2.05) is 66.3 Å². The number of amides is 2. The third kappa shape index (κ3) is 6.98. The van der Waals surface area contributed by atoms with Crippen LogP contribution in [0.15, 0.2) is 79.1 Å². The van der Waals surface area contributed by atoms with Gasteiger partial charge in [-0.25, -0.2) is 14.6 Å². The Bertz CT molecular complexity index is 2340. The zero-order valence-electron chi connectivity index (χ0n) is 30.8. The molecule has 282 valence electrons. The van der Waals surface area contributed by atoms with Gasteiger partial charge in [-0.3, -0.25) is 19.6 Å². The highest BCUT2D eigenvalue weighted by Crippen LogP contribution is 2.37. The molecule has 2 saturated heterocycles. The van der Waals surface area contributed by atoms with E-state index >= 15 is 0 Å². The van der Waals surface area contributed by atoms with Crippen molar-refractivity contribution in [1.82, 2.24) is 45.5 Å². The second kappa shape index (κ2) is 14.8. The van der Waals surface area contributed by atoms with E-state index in [-0.39, 0.29) is 17.9 Å². The Morgan fingerprint density at radius 3 is 2.36 bits per heavy atom. The van der Waals surface area contributed by atoms with E-state index in [0.29, 0.717) is 30.7 Å². The van der Waals surface area contributed by atoms with Crippen LogP contribution in [0.25, 0.3) is 33.2 Å². The summed E-state index contributed by atoms with van der Waals surface area (Å²) in [5.74, 6) is 1.11. The number of anilines is 2. The number of hydrogen-bond acceptors (Lipinski definition) is 11. The second-order valence-corrected chi connectivity index (χ2v) is 14.9. The van der Waals surface area contributed by atoms with Crippen molar-refractivity contribution in [3.8, 4) is 22.8 Å². The predicted molar refractivity (Wildman–Crippen MR) is 211 cm³/mol. The number of nitrogen functional groups attached to an aromatic ring is 1. The number of nitrogens with two attached hydrogens (primary N) is 1. The van der Waals surface area contributed by atoms with Gasteiger partial charge in [0.25, 0.3) is 0 Å². The Morgan fingerprint density at radius 1 is 0.855 bits per heavy atom. The maximum absolute atomic E-state index is 12.5. The summed E-state index contributed by atoms with van der Waals surface area (Å²) in [5.41, 5.74) is 11.8. The molecule has 3 aromatic heterocycles. The lowest BCUT2D eigenvalue weighted by atomic mass is 9.91. The van der Waals surface area contributed by atoms with E-state index in [9.17, 15) is 9.59 Å². The van der Waals surface area contributed by atoms with Gasteiger partial charge in [-0.1, -0.05) is 18.2 Å². The Morgan fingerprint density at radius 2 is 1.60 bits per heavy atom. The highest BCUT2D eigenvalue weighted by Gasteiger charge is 2.33. The van der Waals surface area contributed by atoms with Crippen LogP contribution in [0, 0.1) is 0 Å². The van der Waals surface area contributed by atoms with Crippen molar-refractivity contribution >= 4 is 45.3 Å². The molecule has 1 unspecified atom stereocenters. The first-order valence-corrected chi connectivity index (χ1v) is 19.2. The number of rotatable bonds is 11. The molecule has 5 N–H and O–H groups in total. The van der Waals surface area contributed by atoms with Gasteiger partial charge in [0.15, 0.2) is 5.65 Å². The second-order valence-electron chi connectivity index (χ2n) is 14.9. The van der Waals surface area contributed by atoms with Crippen LogP contribution in [-0.2, 0) is 16.6 Å². The number of ether oxygens (including phenoxy) is 1. The summed E-state index contributed by atoms with van der Waals surface area (Å²) in [6.07, 6.45) is 6.49. The Kier molecular flexibility index (Phi) is 9.36. The largest absolute Gasteiger partial charge is 0.457 e. The Labute approximate surface area is 318 Å². The van der Waals surface area contributed by atoms with Gasteiger partial charge in [0.2, 0.25) is 11.8 Å². The maximum Gasteiger partial charge on any atom is 0.235 e. The standard InChI is InChI=1S/C41H45N11O3/c1-50-34-21-29(13-16-32(34)38(48-50)33-17-18-35(53)47-41(33)54)51-22-27(23-51)44-20-19-43-26-9-11-28(12-10-26)52-40-36(39(42)45-24-46-40)37(49-52)25-7-14-31(15-8-25)55-30-5-3-2-4-6-30/h2-8,13-16,21,24,26-28,33,43-44H,9-12,17-20,22-23H2,1H3,(H2,42,45,46)(H,47,53,54). The third-order valence-corrected chi connectivity index (χ3v) is 11.3. The quantitative estimate of drug-likeness (QED) is 0.106. The third-order valence-electron chi connectivity index (χ3n) is 11.3. The molecule has 2 aliphatic heterocycles. The van der Waals surface area contributed by atoms with Gasteiger partial charge < -0.3 is 26.0 Å². The topological polar surface area (TPSA) is 170 Å². The van der Waals surface area contributed by atoms with E-state index in [4.69, 9.17) is 15.6 Å². The smallest absolute Gasteiger partial charge is 0.235 e. The van der Waals surface area contributed by atoms with Gasteiger partial charge in [-0.05, 0) is 86.7 Å². The summed E-state index contributed by atoms with van der Waals surface area (Å²) in [5, 5.41) is 21.5. The fraction of sp³-hybridized carbons (Fsp3) is 0.366. The van der Waals surface area contributed by atoms with Gasteiger partial charge in [-0.2, -0.15) is 10.2 Å². The molecule has 3 aromatic carbocycles. The molecule has 1 aliphatic carbocycles. The van der Waals surface area contributed by atoms with Crippen molar-refractivity contribution in [3.05, 3.63) is 84.8 Å². The van der Waals surface area contributed by atoms with Crippen LogP contribution >= 0.6 is 0 Å². The molecule has 0 bridgehead atoms. The molecule has 3 fully saturated rings. The predicted octanol–water partition coefficient (Wildman–Crippen LogP) is 4.83. The van der Waals surface area contributed by atoms with Gasteiger partial charge in [-0.15, -0.1) is 0 Å². The lowest BCUT2D eigenvalue weighted by Crippen LogP contribution is -2.59. The van der Waals surface area contributed by atoms with E-state index in [1.54, 1.807) is 0 Å². The van der Waals surface area contributed by atoms with Crippen molar-refractivity contribution in [1.29, 1.82) is 0 Å². The molecule has 1 saturated carbocycles. The average Bonchev–Trinajstić information content (AvgIpc) is 3.73. The van der Waals surface area contributed by atoms with Crippen LogP contribution in [0.4, 0.5) is 11.5 Å². The van der Waals surface area contributed by atoms with Gasteiger partial charge in [0.05, 0.1) is 28.6 Å².